The molecule has 0 saturated heterocycles. The van der Waals surface area contributed by atoms with Gasteiger partial charge in [0, 0.05) is 46.5 Å². The molecule has 0 saturated carbocycles. The molecule has 56 heavy (non-hydrogen) atoms. The molecule has 4 atom stereocenters. The second-order valence-corrected chi connectivity index (χ2v) is 16.0. The van der Waals surface area contributed by atoms with Crippen LogP contribution in [0.2, 0.25) is 0 Å². The van der Waals surface area contributed by atoms with E-state index in [1.165, 1.54) is 72.3 Å². The zero-order chi connectivity index (χ0) is 37.4. The lowest BCUT2D eigenvalue weighted by atomic mass is 9.68. The first-order valence-corrected chi connectivity index (χ1v) is 20.3. The lowest BCUT2D eigenvalue weighted by molar-refractivity contribution is 0.491. The van der Waals surface area contributed by atoms with Crippen LogP contribution in [0.3, 0.4) is 0 Å². The Bertz CT molecular complexity index is 2770. The van der Waals surface area contributed by atoms with Crippen LogP contribution in [0.4, 0.5) is 0 Å². The van der Waals surface area contributed by atoms with Crippen LogP contribution in [-0.2, 0) is 5.41 Å². The maximum Gasteiger partial charge on any atom is 0.106 e. The second kappa shape index (κ2) is 12.9. The van der Waals surface area contributed by atoms with Crippen molar-refractivity contribution in [2.75, 3.05) is 6.54 Å². The number of fused-ring (bicyclic) bond motifs is 7. The fourth-order valence-electron chi connectivity index (χ4n) is 10.2. The number of hydrogen-bond donors (Lipinski definition) is 0. The summed E-state index contributed by atoms with van der Waals surface area (Å²) in [5, 5.41) is 2.54. The Morgan fingerprint density at radius 2 is 1.57 bits per heavy atom. The zero-order valence-electron chi connectivity index (χ0n) is 31.9. The van der Waals surface area contributed by atoms with E-state index in [-0.39, 0.29) is 6.04 Å². The van der Waals surface area contributed by atoms with Crippen LogP contribution in [-0.4, -0.2) is 32.7 Å². The van der Waals surface area contributed by atoms with Gasteiger partial charge in [-0.25, -0.2) is 0 Å². The van der Waals surface area contributed by atoms with Crippen molar-refractivity contribution in [1.82, 2.24) is 14.5 Å². The number of benzene rings is 4. The number of allylic oxidation sites excluding steroid dienone is 8. The maximum absolute atomic E-state index is 5.45. The minimum Gasteiger partial charge on any atom is -0.338 e. The largest absolute Gasteiger partial charge is 0.338 e. The van der Waals surface area contributed by atoms with Gasteiger partial charge in [-0.3, -0.25) is 9.98 Å². The molecule has 0 spiro atoms. The first-order valence-electron chi connectivity index (χ1n) is 20.3. The molecule has 4 heterocycles. The normalized spacial score (nSPS) is 23.9. The van der Waals surface area contributed by atoms with Crippen LogP contribution < -0.4 is 0 Å². The van der Waals surface area contributed by atoms with Gasteiger partial charge in [0.1, 0.15) is 5.41 Å². The van der Waals surface area contributed by atoms with Gasteiger partial charge in [-0.15, -0.1) is 0 Å². The first kappa shape index (κ1) is 33.1. The van der Waals surface area contributed by atoms with Gasteiger partial charge < -0.3 is 9.47 Å². The number of nitrogens with zero attached hydrogens (tertiary/aromatic N) is 4. The summed E-state index contributed by atoms with van der Waals surface area (Å²) in [7, 11) is 0. The number of aliphatic imine (C=N–C) groups is 1. The molecule has 5 aliphatic rings. The molecule has 0 bridgehead atoms. The molecule has 2 aliphatic heterocycles. The summed E-state index contributed by atoms with van der Waals surface area (Å²) in [5.41, 5.74) is 15.6. The lowest BCUT2D eigenvalue weighted by Crippen LogP contribution is -2.38. The molecule has 0 N–H and O–H groups in total. The Labute approximate surface area is 328 Å². The molecule has 0 fully saturated rings. The van der Waals surface area contributed by atoms with E-state index in [0.29, 0.717) is 11.8 Å². The molecule has 0 amide bonds. The number of dihydropyridines is 1. The van der Waals surface area contributed by atoms with E-state index in [9.17, 15) is 0 Å². The predicted molar refractivity (Wildman–Crippen MR) is 232 cm³/mol. The van der Waals surface area contributed by atoms with Crippen LogP contribution in [0.5, 0.6) is 0 Å². The van der Waals surface area contributed by atoms with E-state index in [1.54, 1.807) is 0 Å². The van der Waals surface area contributed by atoms with E-state index in [4.69, 9.17) is 9.98 Å². The molecule has 0 radical (unpaired) electrons. The van der Waals surface area contributed by atoms with E-state index in [0.717, 1.165) is 37.2 Å². The highest BCUT2D eigenvalue weighted by Gasteiger charge is 2.53. The summed E-state index contributed by atoms with van der Waals surface area (Å²) in [6.07, 6.45) is 24.0. The maximum atomic E-state index is 5.45. The molecular formula is C52H44N4. The molecule has 4 heteroatoms. The fraction of sp³-hybridized carbons (Fsp3) is 0.192. The Hall–Kier alpha value is -6.26. The van der Waals surface area contributed by atoms with Gasteiger partial charge in [0.15, 0.2) is 0 Å². The van der Waals surface area contributed by atoms with Crippen LogP contribution >= 0.6 is 0 Å². The van der Waals surface area contributed by atoms with Crippen molar-refractivity contribution in [2.24, 2.45) is 10.9 Å². The van der Waals surface area contributed by atoms with Gasteiger partial charge in [-0.2, -0.15) is 0 Å². The van der Waals surface area contributed by atoms with Crippen LogP contribution in [0.1, 0.15) is 67.0 Å². The molecule has 4 unspecified atom stereocenters. The van der Waals surface area contributed by atoms with Crippen LogP contribution in [0, 0.1) is 5.92 Å². The summed E-state index contributed by atoms with van der Waals surface area (Å²) in [4.78, 5) is 13.1. The second-order valence-electron chi connectivity index (χ2n) is 16.0. The van der Waals surface area contributed by atoms with Crippen LogP contribution in [0.25, 0.3) is 38.8 Å². The molecule has 4 nitrogen and oxygen atoms in total. The molecule has 3 aliphatic carbocycles. The summed E-state index contributed by atoms with van der Waals surface area (Å²) < 4.78 is 2.48. The lowest BCUT2D eigenvalue weighted by Gasteiger charge is -2.37. The third-order valence-corrected chi connectivity index (χ3v) is 12.8. The first-order chi connectivity index (χ1) is 27.6. The fourth-order valence-corrected chi connectivity index (χ4v) is 10.2. The van der Waals surface area contributed by atoms with Gasteiger partial charge >= 0.3 is 0 Å². The quantitative estimate of drug-likeness (QED) is 0.171. The highest BCUT2D eigenvalue weighted by atomic mass is 15.2. The highest BCUT2D eigenvalue weighted by Crippen LogP contribution is 2.59. The molecule has 4 aromatic carbocycles. The molecular weight excluding hydrogens is 681 g/mol. The summed E-state index contributed by atoms with van der Waals surface area (Å²) in [5.74, 6) is 0.691. The summed E-state index contributed by atoms with van der Waals surface area (Å²) in [6, 6.07) is 40.3. The molecule has 11 rings (SSSR count). The molecule has 272 valence electrons. The Balaban J connectivity index is 1.03. The average Bonchev–Trinajstić information content (AvgIpc) is 3.72. The summed E-state index contributed by atoms with van der Waals surface area (Å²) >= 11 is 0. The predicted octanol–water partition coefficient (Wildman–Crippen LogP) is 11.9. The minimum absolute atomic E-state index is 0.207. The SMILES string of the molecule is CC1CC=CC(C2(c3ccccn3)C3=CCCC=C3c3ccc4c(c32)c2ccccc2n4-c2ccc(C3C=CC(N4CC=C4c4ccccc4)=CC3C)cc2)=N1. The van der Waals surface area contributed by atoms with Gasteiger partial charge in [-0.1, -0.05) is 110 Å². The number of hydrogen-bond acceptors (Lipinski definition) is 3. The van der Waals surface area contributed by atoms with E-state index in [2.05, 4.69) is 175 Å². The third kappa shape index (κ3) is 4.84. The van der Waals surface area contributed by atoms with Crippen molar-refractivity contribution < 1.29 is 0 Å². The number of pyridine rings is 1. The van der Waals surface area contributed by atoms with Crippen molar-refractivity contribution in [3.63, 3.8) is 0 Å². The highest BCUT2D eigenvalue weighted by molar-refractivity contribution is 6.23. The van der Waals surface area contributed by atoms with Gasteiger partial charge in [0.2, 0.25) is 0 Å². The van der Waals surface area contributed by atoms with E-state index in [1.807, 2.05) is 12.3 Å². The van der Waals surface area contributed by atoms with Crippen molar-refractivity contribution in [2.45, 2.75) is 50.5 Å². The van der Waals surface area contributed by atoms with Crippen molar-refractivity contribution in [3.8, 4) is 5.69 Å². The number of para-hydroxylation sites is 1. The summed E-state index contributed by atoms with van der Waals surface area (Å²) in [6.45, 7) is 5.54. The average molecular weight is 725 g/mol. The number of aromatic nitrogens is 2. The molecule has 6 aromatic rings. The third-order valence-electron chi connectivity index (χ3n) is 12.8. The zero-order valence-corrected chi connectivity index (χ0v) is 31.9. The Morgan fingerprint density at radius 1 is 0.750 bits per heavy atom. The Kier molecular flexibility index (Phi) is 7.64. The smallest absolute Gasteiger partial charge is 0.106 e. The van der Waals surface area contributed by atoms with Gasteiger partial charge in [0.25, 0.3) is 0 Å². The monoisotopic (exact) mass is 724 g/mol. The Morgan fingerprint density at radius 3 is 2.36 bits per heavy atom. The number of rotatable bonds is 6. The minimum atomic E-state index is -0.615. The molecule has 2 aromatic heterocycles. The van der Waals surface area contributed by atoms with Gasteiger partial charge in [-0.05, 0) is 120 Å². The van der Waals surface area contributed by atoms with Crippen molar-refractivity contribution in [3.05, 3.63) is 203 Å². The van der Waals surface area contributed by atoms with Crippen molar-refractivity contribution in [1.29, 1.82) is 0 Å². The standard InChI is InChI=1S/C52H44N4/c1-34-33-39(55-32-30-45(55)37-14-4-3-5-15-37)26-27-40(34)36-22-24-38(25-23-36)56-46-19-9-7-17-43(46)50-47(56)29-28-42-41-16-6-8-18-44(41)52(51(42)50,48-20-10-11-31-53-48)49-21-12-13-35(2)54-49/h3-5,7,9-12,14-31,33-35,40H,6,8,13,32H2,1-2H3. The van der Waals surface area contributed by atoms with E-state index >= 15 is 0 Å². The van der Waals surface area contributed by atoms with Gasteiger partial charge in [0.05, 0.1) is 28.5 Å². The van der Waals surface area contributed by atoms with E-state index < -0.39 is 5.41 Å². The van der Waals surface area contributed by atoms with Crippen LogP contribution in [0.15, 0.2) is 180 Å². The topological polar surface area (TPSA) is 33.4 Å². The van der Waals surface area contributed by atoms with Crippen molar-refractivity contribution >= 4 is 38.8 Å².